The number of halogens is 1. The molecule has 2 heterocycles. The molecule has 6 nitrogen and oxygen atoms in total. The summed E-state index contributed by atoms with van der Waals surface area (Å²) in [6.45, 7) is 3.92. The van der Waals surface area contributed by atoms with Crippen LogP contribution in [0.25, 0.3) is 0 Å². The number of imide groups is 1. The molecule has 2 aliphatic rings. The average molecular weight is 397 g/mol. The first-order chi connectivity index (χ1) is 13.5. The molecule has 0 aromatic heterocycles. The normalized spacial score (nSPS) is 18.9. The molecule has 2 aliphatic heterocycles. The fourth-order valence-electron chi connectivity index (χ4n) is 3.47. The molecule has 2 aromatic rings. The second-order valence-electron chi connectivity index (χ2n) is 6.72. The third-order valence-corrected chi connectivity index (χ3v) is 5.06. The van der Waals surface area contributed by atoms with Gasteiger partial charge in [-0.3, -0.25) is 19.3 Å². The van der Waals surface area contributed by atoms with Crippen molar-refractivity contribution in [3.63, 3.8) is 0 Å². The lowest BCUT2D eigenvalue weighted by molar-refractivity contribution is -0.125. The molecule has 0 aliphatic carbocycles. The fourth-order valence-corrected chi connectivity index (χ4v) is 3.68. The van der Waals surface area contributed by atoms with E-state index < -0.39 is 23.8 Å². The molecule has 1 saturated heterocycles. The quantitative estimate of drug-likeness (QED) is 0.804. The van der Waals surface area contributed by atoms with E-state index in [4.69, 9.17) is 16.3 Å². The van der Waals surface area contributed by atoms with Crippen molar-refractivity contribution in [3.05, 3.63) is 76.5 Å². The molecule has 142 valence electrons. The maximum absolute atomic E-state index is 13.0. The first-order valence-electron chi connectivity index (χ1n) is 8.82. The van der Waals surface area contributed by atoms with Crippen LogP contribution in [0.15, 0.2) is 54.7 Å². The number of allylic oxidation sites excluding steroid dienone is 1. The number of hydrogen-bond donors (Lipinski definition) is 1. The van der Waals surface area contributed by atoms with Crippen LogP contribution in [-0.2, 0) is 11.4 Å². The van der Waals surface area contributed by atoms with E-state index in [1.54, 1.807) is 30.3 Å². The van der Waals surface area contributed by atoms with Crippen molar-refractivity contribution >= 4 is 29.3 Å². The Labute approximate surface area is 166 Å². The van der Waals surface area contributed by atoms with E-state index in [1.807, 2.05) is 12.1 Å². The highest BCUT2D eigenvalue weighted by Gasteiger charge is 2.45. The van der Waals surface area contributed by atoms with Crippen LogP contribution in [0, 0.1) is 0 Å². The van der Waals surface area contributed by atoms with Gasteiger partial charge in [-0.1, -0.05) is 36.4 Å². The van der Waals surface area contributed by atoms with Gasteiger partial charge in [0.25, 0.3) is 11.8 Å². The van der Waals surface area contributed by atoms with E-state index in [1.165, 1.54) is 0 Å². The van der Waals surface area contributed by atoms with Gasteiger partial charge in [-0.05, 0) is 42.7 Å². The standard InChI is InChI=1S/C21H17ClN2O4/c1-12-8-9-16(19(25)23-12)24-20(26)15-6-3-7-17(18(15)21(24)27)28-11-13-4-2-5-14(22)10-13/h2-7,10,16H,1,8-9,11H2,(H,23,25). The minimum Gasteiger partial charge on any atom is -0.488 e. The number of nitrogens with zero attached hydrogens (tertiary/aromatic N) is 1. The Morgan fingerprint density at radius 1 is 1.14 bits per heavy atom. The zero-order chi connectivity index (χ0) is 19.8. The maximum atomic E-state index is 13.0. The first-order valence-corrected chi connectivity index (χ1v) is 9.20. The Morgan fingerprint density at radius 3 is 2.68 bits per heavy atom. The number of hydrogen-bond acceptors (Lipinski definition) is 4. The van der Waals surface area contributed by atoms with Crippen molar-refractivity contribution in [1.29, 1.82) is 0 Å². The van der Waals surface area contributed by atoms with Gasteiger partial charge in [0.05, 0.1) is 11.1 Å². The molecule has 1 atom stereocenters. The van der Waals surface area contributed by atoms with E-state index >= 15 is 0 Å². The zero-order valence-corrected chi connectivity index (χ0v) is 15.7. The Balaban J connectivity index is 1.61. The smallest absolute Gasteiger partial charge is 0.266 e. The molecule has 4 rings (SSSR count). The topological polar surface area (TPSA) is 75.7 Å². The highest BCUT2D eigenvalue weighted by molar-refractivity contribution is 6.30. The van der Waals surface area contributed by atoms with Crippen molar-refractivity contribution in [1.82, 2.24) is 10.2 Å². The van der Waals surface area contributed by atoms with Crippen molar-refractivity contribution in [2.75, 3.05) is 0 Å². The Hall–Kier alpha value is -3.12. The van der Waals surface area contributed by atoms with Crippen molar-refractivity contribution in [2.24, 2.45) is 0 Å². The van der Waals surface area contributed by atoms with E-state index in [-0.39, 0.29) is 17.7 Å². The largest absolute Gasteiger partial charge is 0.488 e. The number of carbonyl (C=O) groups excluding carboxylic acids is 3. The molecule has 3 amide bonds. The van der Waals surface area contributed by atoms with E-state index in [0.29, 0.717) is 29.3 Å². The second-order valence-corrected chi connectivity index (χ2v) is 7.16. The molecule has 28 heavy (non-hydrogen) atoms. The molecule has 2 aromatic carbocycles. The average Bonchev–Trinajstić information content (AvgIpc) is 2.92. The highest BCUT2D eigenvalue weighted by atomic mass is 35.5. The van der Waals surface area contributed by atoms with Crippen LogP contribution in [0.4, 0.5) is 0 Å². The summed E-state index contributed by atoms with van der Waals surface area (Å²) in [4.78, 5) is 39.2. The molecule has 0 bridgehead atoms. The predicted molar refractivity (Wildman–Crippen MR) is 103 cm³/mol. The van der Waals surface area contributed by atoms with Gasteiger partial charge in [-0.2, -0.15) is 0 Å². The number of fused-ring (bicyclic) bond motifs is 1. The van der Waals surface area contributed by atoms with Crippen molar-refractivity contribution in [3.8, 4) is 5.75 Å². The molecular formula is C21H17ClN2O4. The second kappa shape index (κ2) is 7.13. The number of rotatable bonds is 4. The Morgan fingerprint density at radius 2 is 1.93 bits per heavy atom. The van der Waals surface area contributed by atoms with Gasteiger partial charge >= 0.3 is 0 Å². The van der Waals surface area contributed by atoms with Gasteiger partial charge in [0.2, 0.25) is 5.91 Å². The molecule has 0 radical (unpaired) electrons. The monoisotopic (exact) mass is 396 g/mol. The van der Waals surface area contributed by atoms with Crippen LogP contribution in [0.3, 0.4) is 0 Å². The zero-order valence-electron chi connectivity index (χ0n) is 14.9. The predicted octanol–water partition coefficient (Wildman–Crippen LogP) is 3.31. The Bertz CT molecular complexity index is 1020. The fraction of sp³-hybridized carbons (Fsp3) is 0.190. The highest BCUT2D eigenvalue weighted by Crippen LogP contribution is 2.34. The van der Waals surface area contributed by atoms with E-state index in [9.17, 15) is 14.4 Å². The summed E-state index contributed by atoms with van der Waals surface area (Å²) >= 11 is 5.99. The van der Waals surface area contributed by atoms with Gasteiger partial charge in [-0.15, -0.1) is 0 Å². The summed E-state index contributed by atoms with van der Waals surface area (Å²) in [7, 11) is 0. The molecule has 7 heteroatoms. The van der Waals surface area contributed by atoms with E-state index in [0.717, 1.165) is 10.5 Å². The SMILES string of the molecule is C=C1CCC(N2C(=O)c3cccc(OCc4cccc(Cl)c4)c3C2=O)C(=O)N1. The lowest BCUT2D eigenvalue weighted by atomic mass is 10.0. The number of ether oxygens (including phenoxy) is 1. The molecule has 1 N–H and O–H groups in total. The van der Waals surface area contributed by atoms with Gasteiger partial charge in [-0.25, -0.2) is 0 Å². The Kier molecular flexibility index (Phi) is 4.65. The van der Waals surface area contributed by atoms with Crippen LogP contribution in [0.5, 0.6) is 5.75 Å². The molecule has 1 fully saturated rings. The summed E-state index contributed by atoms with van der Waals surface area (Å²) in [5.41, 5.74) is 1.85. The van der Waals surface area contributed by atoms with Gasteiger partial charge in [0.15, 0.2) is 0 Å². The maximum Gasteiger partial charge on any atom is 0.266 e. The lowest BCUT2D eigenvalue weighted by Crippen LogP contribution is -2.51. The van der Waals surface area contributed by atoms with Crippen LogP contribution in [0.2, 0.25) is 5.02 Å². The third-order valence-electron chi connectivity index (χ3n) is 4.83. The molecule has 1 unspecified atom stereocenters. The summed E-state index contributed by atoms with van der Waals surface area (Å²) < 4.78 is 5.82. The van der Waals surface area contributed by atoms with Crippen LogP contribution in [-0.4, -0.2) is 28.7 Å². The number of piperidine rings is 1. The lowest BCUT2D eigenvalue weighted by Gasteiger charge is -2.29. The number of carbonyl (C=O) groups is 3. The van der Waals surface area contributed by atoms with Gasteiger partial charge < -0.3 is 10.1 Å². The summed E-state index contributed by atoms with van der Waals surface area (Å²) in [6.07, 6.45) is 0.872. The van der Waals surface area contributed by atoms with Crippen molar-refractivity contribution < 1.29 is 19.1 Å². The minimum atomic E-state index is -0.848. The molecule has 0 saturated carbocycles. The van der Waals surface area contributed by atoms with Gasteiger partial charge in [0, 0.05) is 10.7 Å². The summed E-state index contributed by atoms with van der Waals surface area (Å²) in [5.74, 6) is -1.10. The summed E-state index contributed by atoms with van der Waals surface area (Å²) in [6, 6.07) is 11.2. The minimum absolute atomic E-state index is 0.187. The number of benzene rings is 2. The molecule has 0 spiro atoms. The number of amides is 3. The van der Waals surface area contributed by atoms with Gasteiger partial charge in [0.1, 0.15) is 18.4 Å². The number of nitrogens with one attached hydrogen (secondary N) is 1. The molecular weight excluding hydrogens is 380 g/mol. The first kappa shape index (κ1) is 18.3. The van der Waals surface area contributed by atoms with Crippen molar-refractivity contribution in [2.45, 2.75) is 25.5 Å². The van der Waals surface area contributed by atoms with Crippen LogP contribution >= 0.6 is 11.6 Å². The van der Waals surface area contributed by atoms with Crippen LogP contribution < -0.4 is 10.1 Å². The third kappa shape index (κ3) is 3.16. The summed E-state index contributed by atoms with van der Waals surface area (Å²) in [5, 5.41) is 3.20. The van der Waals surface area contributed by atoms with Crippen LogP contribution in [0.1, 0.15) is 39.1 Å². The van der Waals surface area contributed by atoms with E-state index in [2.05, 4.69) is 11.9 Å².